The van der Waals surface area contributed by atoms with Gasteiger partial charge in [0, 0.05) is 18.6 Å². The molecule has 0 heterocycles. The Morgan fingerprint density at radius 2 is 1.50 bits per heavy atom. The number of hydrogen-bond donors (Lipinski definition) is 2. The average molecular weight is 175 g/mol. The van der Waals surface area contributed by atoms with Gasteiger partial charge in [0.1, 0.15) is 0 Å². The van der Waals surface area contributed by atoms with E-state index in [1.165, 1.54) is 0 Å². The summed E-state index contributed by atoms with van der Waals surface area (Å²) in [7, 11) is 0. The molecule has 1 atom stereocenters. The van der Waals surface area contributed by atoms with Crippen LogP contribution in [0.15, 0.2) is 0 Å². The number of rotatable bonds is 5. The Kier molecular flexibility index (Phi) is 5.46. The molecule has 0 unspecified atom stereocenters. The molecular formula is C9H21NO2. The topological polar surface area (TPSA) is 43.7 Å². The maximum absolute atomic E-state index is 9.23. The van der Waals surface area contributed by atoms with Gasteiger partial charge in [-0.3, -0.25) is 4.90 Å². The zero-order valence-corrected chi connectivity index (χ0v) is 8.49. The Bertz CT molecular complexity index is 107. The van der Waals surface area contributed by atoms with Crippen molar-refractivity contribution < 1.29 is 10.2 Å². The van der Waals surface area contributed by atoms with Crippen molar-refractivity contribution in [1.82, 2.24) is 4.90 Å². The predicted molar refractivity (Wildman–Crippen MR) is 50.1 cm³/mol. The lowest BCUT2D eigenvalue weighted by Crippen LogP contribution is -2.43. The molecule has 0 aromatic heterocycles. The molecule has 3 heteroatoms. The Hall–Kier alpha value is -0.120. The summed E-state index contributed by atoms with van der Waals surface area (Å²) in [6.07, 6.45) is -0.616. The molecule has 3 nitrogen and oxygen atoms in total. The molecule has 0 saturated carbocycles. The van der Waals surface area contributed by atoms with E-state index in [2.05, 4.69) is 32.6 Å². The molecule has 0 aromatic rings. The van der Waals surface area contributed by atoms with Crippen molar-refractivity contribution >= 4 is 0 Å². The van der Waals surface area contributed by atoms with E-state index in [-0.39, 0.29) is 6.61 Å². The van der Waals surface area contributed by atoms with Gasteiger partial charge in [-0.15, -0.1) is 0 Å². The highest BCUT2D eigenvalue weighted by Gasteiger charge is 2.16. The van der Waals surface area contributed by atoms with Crippen LogP contribution in [0.1, 0.15) is 27.7 Å². The van der Waals surface area contributed by atoms with Crippen LogP contribution in [0.4, 0.5) is 0 Å². The van der Waals surface area contributed by atoms with Crippen LogP contribution in [0.2, 0.25) is 0 Å². The second-order valence-corrected chi connectivity index (χ2v) is 3.72. The van der Waals surface area contributed by atoms with Crippen LogP contribution in [-0.4, -0.2) is 46.5 Å². The minimum absolute atomic E-state index is 0.157. The van der Waals surface area contributed by atoms with Gasteiger partial charge in [0.25, 0.3) is 0 Å². The van der Waals surface area contributed by atoms with E-state index < -0.39 is 6.10 Å². The lowest BCUT2D eigenvalue weighted by Gasteiger charge is -2.31. The summed E-state index contributed by atoms with van der Waals surface area (Å²) in [5.74, 6) is 0. The van der Waals surface area contributed by atoms with E-state index in [0.29, 0.717) is 18.6 Å². The smallest absolute Gasteiger partial charge is 0.0897 e. The predicted octanol–water partition coefficient (Wildman–Crippen LogP) is 0.458. The van der Waals surface area contributed by atoms with Crippen LogP contribution in [0.25, 0.3) is 0 Å². The van der Waals surface area contributed by atoms with Crippen LogP contribution in [-0.2, 0) is 0 Å². The van der Waals surface area contributed by atoms with E-state index in [1.807, 2.05) is 0 Å². The zero-order chi connectivity index (χ0) is 9.72. The van der Waals surface area contributed by atoms with Crippen LogP contribution < -0.4 is 0 Å². The highest BCUT2D eigenvalue weighted by Crippen LogP contribution is 2.05. The van der Waals surface area contributed by atoms with E-state index in [4.69, 9.17) is 5.11 Å². The second kappa shape index (κ2) is 5.51. The van der Waals surface area contributed by atoms with Gasteiger partial charge in [0.15, 0.2) is 0 Å². The van der Waals surface area contributed by atoms with Crippen LogP contribution in [0.3, 0.4) is 0 Å². The van der Waals surface area contributed by atoms with E-state index >= 15 is 0 Å². The average Bonchev–Trinajstić information content (AvgIpc) is 1.98. The standard InChI is InChI=1S/C9H21NO2/c1-7(2)10(8(3)4)5-9(12)6-11/h7-9,11-12H,5-6H2,1-4H3/t9-/m0/s1. The normalized spacial score (nSPS) is 14.8. The van der Waals surface area contributed by atoms with Gasteiger partial charge in [-0.25, -0.2) is 0 Å². The molecule has 0 rings (SSSR count). The molecule has 0 bridgehead atoms. The van der Waals surface area contributed by atoms with Gasteiger partial charge in [0.2, 0.25) is 0 Å². The SMILES string of the molecule is CC(C)N(C[C@H](O)CO)C(C)C. The summed E-state index contributed by atoms with van der Waals surface area (Å²) in [5.41, 5.74) is 0. The lowest BCUT2D eigenvalue weighted by molar-refractivity contribution is 0.0375. The van der Waals surface area contributed by atoms with Gasteiger partial charge in [0.05, 0.1) is 12.7 Å². The second-order valence-electron chi connectivity index (χ2n) is 3.72. The fourth-order valence-corrected chi connectivity index (χ4v) is 1.32. The first-order chi connectivity index (χ1) is 5.49. The van der Waals surface area contributed by atoms with Gasteiger partial charge < -0.3 is 10.2 Å². The third kappa shape index (κ3) is 4.04. The van der Waals surface area contributed by atoms with E-state index in [9.17, 15) is 5.11 Å². The van der Waals surface area contributed by atoms with Crippen molar-refractivity contribution in [2.75, 3.05) is 13.2 Å². The molecule has 0 amide bonds. The summed E-state index contributed by atoms with van der Waals surface area (Å²) in [4.78, 5) is 2.15. The Morgan fingerprint density at radius 3 is 1.75 bits per heavy atom. The fraction of sp³-hybridized carbons (Fsp3) is 1.00. The highest BCUT2D eigenvalue weighted by molar-refractivity contribution is 4.70. The quantitative estimate of drug-likeness (QED) is 0.638. The Morgan fingerprint density at radius 1 is 1.08 bits per heavy atom. The molecule has 12 heavy (non-hydrogen) atoms. The molecule has 2 N–H and O–H groups in total. The van der Waals surface area contributed by atoms with Crippen molar-refractivity contribution in [3.05, 3.63) is 0 Å². The van der Waals surface area contributed by atoms with Gasteiger partial charge >= 0.3 is 0 Å². The summed E-state index contributed by atoms with van der Waals surface area (Å²) >= 11 is 0. The maximum Gasteiger partial charge on any atom is 0.0897 e. The molecule has 0 fully saturated rings. The van der Waals surface area contributed by atoms with Crippen molar-refractivity contribution in [2.45, 2.75) is 45.9 Å². The summed E-state index contributed by atoms with van der Waals surface area (Å²) in [6.45, 7) is 8.74. The van der Waals surface area contributed by atoms with Crippen LogP contribution in [0, 0.1) is 0 Å². The largest absolute Gasteiger partial charge is 0.394 e. The highest BCUT2D eigenvalue weighted by atomic mass is 16.3. The summed E-state index contributed by atoms with van der Waals surface area (Å²) in [5, 5.41) is 17.9. The zero-order valence-electron chi connectivity index (χ0n) is 8.49. The molecule has 0 aliphatic heterocycles. The molecule has 0 radical (unpaired) electrons. The first kappa shape index (κ1) is 11.9. The lowest BCUT2D eigenvalue weighted by atomic mass is 10.2. The monoisotopic (exact) mass is 175 g/mol. The van der Waals surface area contributed by atoms with E-state index in [1.54, 1.807) is 0 Å². The van der Waals surface area contributed by atoms with Gasteiger partial charge in [-0.05, 0) is 27.7 Å². The number of nitrogens with zero attached hydrogens (tertiary/aromatic N) is 1. The first-order valence-corrected chi connectivity index (χ1v) is 4.53. The molecule has 0 saturated heterocycles. The van der Waals surface area contributed by atoms with Gasteiger partial charge in [-0.1, -0.05) is 0 Å². The molecule has 0 aromatic carbocycles. The molecule has 74 valence electrons. The van der Waals surface area contributed by atoms with Crippen molar-refractivity contribution in [3.8, 4) is 0 Å². The third-order valence-corrected chi connectivity index (χ3v) is 1.96. The number of aliphatic hydroxyl groups excluding tert-OH is 2. The maximum atomic E-state index is 9.23. The summed E-state index contributed by atoms with van der Waals surface area (Å²) in [6, 6.07) is 0.817. The van der Waals surface area contributed by atoms with E-state index in [0.717, 1.165) is 0 Å². The first-order valence-electron chi connectivity index (χ1n) is 4.53. The van der Waals surface area contributed by atoms with Crippen LogP contribution >= 0.6 is 0 Å². The fourth-order valence-electron chi connectivity index (χ4n) is 1.32. The Labute approximate surface area is 75.0 Å². The van der Waals surface area contributed by atoms with Crippen molar-refractivity contribution in [2.24, 2.45) is 0 Å². The number of hydrogen-bond acceptors (Lipinski definition) is 3. The molecule has 0 aliphatic carbocycles. The minimum atomic E-state index is -0.616. The summed E-state index contributed by atoms with van der Waals surface area (Å²) < 4.78 is 0. The molecule has 0 aliphatic rings. The third-order valence-electron chi connectivity index (χ3n) is 1.96. The van der Waals surface area contributed by atoms with Crippen LogP contribution in [0.5, 0.6) is 0 Å². The number of aliphatic hydroxyl groups is 2. The molecular weight excluding hydrogens is 154 g/mol. The minimum Gasteiger partial charge on any atom is -0.394 e. The van der Waals surface area contributed by atoms with Crippen molar-refractivity contribution in [3.63, 3.8) is 0 Å². The van der Waals surface area contributed by atoms with Crippen molar-refractivity contribution in [1.29, 1.82) is 0 Å². The molecule has 0 spiro atoms. The Balaban J connectivity index is 3.95. The van der Waals surface area contributed by atoms with Gasteiger partial charge in [-0.2, -0.15) is 0 Å².